The Balaban J connectivity index is 2.66. The molecule has 0 aromatic heterocycles. The number of nitrogens with one attached hydrogen (secondary N) is 1. The van der Waals surface area contributed by atoms with E-state index in [4.69, 9.17) is 20.7 Å². The molecule has 0 bridgehead atoms. The van der Waals surface area contributed by atoms with Crippen molar-refractivity contribution in [3.8, 4) is 0 Å². The first kappa shape index (κ1) is 18.2. The van der Waals surface area contributed by atoms with Gasteiger partial charge in [0.25, 0.3) is 0 Å². The molecule has 1 saturated heterocycles. The fourth-order valence-corrected chi connectivity index (χ4v) is 2.21. The Kier molecular flexibility index (Phi) is 7.46. The molecule has 8 N–H and O–H groups in total. The molecule has 0 aliphatic carbocycles. The van der Waals surface area contributed by atoms with E-state index in [1.54, 1.807) is 0 Å². The number of carbonyl (C=O) groups is 1. The van der Waals surface area contributed by atoms with Crippen LogP contribution in [0.1, 0.15) is 19.3 Å². The van der Waals surface area contributed by atoms with Gasteiger partial charge in [0.2, 0.25) is 0 Å². The third-order valence-electron chi connectivity index (χ3n) is 3.50. The van der Waals surface area contributed by atoms with E-state index in [-0.39, 0.29) is 6.42 Å². The topological polar surface area (TPSA) is 166 Å². The minimum atomic E-state index is -1.54. The molecule has 1 aliphatic heterocycles. The molecule has 1 fully saturated rings. The van der Waals surface area contributed by atoms with Crippen LogP contribution in [0.3, 0.4) is 0 Å². The van der Waals surface area contributed by atoms with Crippen LogP contribution in [0.4, 0.5) is 0 Å². The Bertz CT molecular complexity index is 329. The number of rotatable bonds is 8. The highest BCUT2D eigenvalue weighted by atomic mass is 16.6. The van der Waals surface area contributed by atoms with Crippen LogP contribution in [-0.4, -0.2) is 81.3 Å². The zero-order chi connectivity index (χ0) is 16.0. The normalized spacial score (nSPS) is 34.6. The predicted octanol–water partition coefficient (Wildman–Crippen LogP) is -3.04. The Morgan fingerprint density at radius 2 is 1.86 bits per heavy atom. The smallest absolute Gasteiger partial charge is 0.320 e. The van der Waals surface area contributed by atoms with Gasteiger partial charge in [0, 0.05) is 0 Å². The second kappa shape index (κ2) is 8.59. The highest BCUT2D eigenvalue weighted by molar-refractivity contribution is 5.73. The Hall–Kier alpha value is -0.810. The largest absolute Gasteiger partial charge is 0.480 e. The number of aliphatic hydroxyl groups excluding tert-OH is 4. The molecule has 124 valence electrons. The minimum Gasteiger partial charge on any atom is -0.480 e. The van der Waals surface area contributed by atoms with Gasteiger partial charge >= 0.3 is 5.97 Å². The van der Waals surface area contributed by atoms with E-state index >= 15 is 0 Å². The molecular formula is C12H24N2O7. The van der Waals surface area contributed by atoms with Gasteiger partial charge in [-0.25, -0.2) is 0 Å². The van der Waals surface area contributed by atoms with Gasteiger partial charge in [-0.3, -0.25) is 10.1 Å². The predicted molar refractivity (Wildman–Crippen MR) is 71.2 cm³/mol. The van der Waals surface area contributed by atoms with Crippen molar-refractivity contribution in [3.63, 3.8) is 0 Å². The van der Waals surface area contributed by atoms with E-state index in [2.05, 4.69) is 5.32 Å². The standard InChI is InChI=1S/C12H24N2O7/c13-4-2-1-3-6(12(19)20)14-11-10(18)9(17)8(16)7(5-15)21-11/h6-11,14-18H,1-5,13H2,(H,19,20)/t6?,7-,8-,9+,10-,11+/m1/s1. The van der Waals surface area contributed by atoms with E-state index < -0.39 is 49.3 Å². The van der Waals surface area contributed by atoms with Crippen molar-refractivity contribution in [2.45, 2.75) is 55.9 Å². The molecule has 0 saturated carbocycles. The maximum absolute atomic E-state index is 11.2. The van der Waals surface area contributed by atoms with Crippen LogP contribution in [0.25, 0.3) is 0 Å². The number of hydrogen-bond acceptors (Lipinski definition) is 8. The van der Waals surface area contributed by atoms with Gasteiger partial charge in [0.15, 0.2) is 0 Å². The number of ether oxygens (including phenoxy) is 1. The number of nitrogens with two attached hydrogens (primary N) is 1. The van der Waals surface area contributed by atoms with Gasteiger partial charge in [-0.1, -0.05) is 6.42 Å². The van der Waals surface area contributed by atoms with Crippen LogP contribution < -0.4 is 11.1 Å². The third-order valence-corrected chi connectivity index (χ3v) is 3.50. The SMILES string of the molecule is NCCCCC(N[C@H]1O[C@H](CO)[C@@H](O)[C@H](O)[C@H]1O)C(=O)O. The molecule has 1 unspecified atom stereocenters. The van der Waals surface area contributed by atoms with Crippen molar-refractivity contribution < 1.29 is 35.1 Å². The van der Waals surface area contributed by atoms with Gasteiger partial charge in [-0.05, 0) is 19.4 Å². The summed E-state index contributed by atoms with van der Waals surface area (Å²) >= 11 is 0. The highest BCUT2D eigenvalue weighted by Gasteiger charge is 2.44. The van der Waals surface area contributed by atoms with E-state index in [9.17, 15) is 20.1 Å². The van der Waals surface area contributed by atoms with Crippen LogP contribution in [0, 0.1) is 0 Å². The quantitative estimate of drug-likeness (QED) is 0.231. The molecule has 1 rings (SSSR count). The van der Waals surface area contributed by atoms with Crippen molar-refractivity contribution in [1.82, 2.24) is 5.32 Å². The summed E-state index contributed by atoms with van der Waals surface area (Å²) in [6.45, 7) is -0.111. The molecule has 6 atom stereocenters. The summed E-state index contributed by atoms with van der Waals surface area (Å²) in [5, 5.41) is 49.9. The summed E-state index contributed by atoms with van der Waals surface area (Å²) < 4.78 is 5.21. The van der Waals surface area contributed by atoms with Crippen molar-refractivity contribution in [2.24, 2.45) is 5.73 Å². The van der Waals surface area contributed by atoms with Gasteiger partial charge in [0.05, 0.1) is 6.61 Å². The molecule has 21 heavy (non-hydrogen) atoms. The van der Waals surface area contributed by atoms with Crippen LogP contribution in [-0.2, 0) is 9.53 Å². The van der Waals surface area contributed by atoms with Gasteiger partial charge in [0.1, 0.15) is 36.7 Å². The molecule has 0 radical (unpaired) electrons. The number of hydrogen-bond donors (Lipinski definition) is 7. The summed E-state index contributed by atoms with van der Waals surface area (Å²) in [5.74, 6) is -1.12. The lowest BCUT2D eigenvalue weighted by atomic mass is 9.97. The zero-order valence-electron chi connectivity index (χ0n) is 11.6. The second-order valence-corrected chi connectivity index (χ2v) is 5.09. The van der Waals surface area contributed by atoms with Crippen LogP contribution in [0.5, 0.6) is 0 Å². The lowest BCUT2D eigenvalue weighted by Gasteiger charge is -2.41. The monoisotopic (exact) mass is 308 g/mol. The van der Waals surface area contributed by atoms with E-state index in [0.717, 1.165) is 0 Å². The molecule has 0 aromatic carbocycles. The lowest BCUT2D eigenvalue weighted by Crippen LogP contribution is -2.64. The molecule has 0 spiro atoms. The molecule has 1 aliphatic rings. The molecular weight excluding hydrogens is 284 g/mol. The first-order chi connectivity index (χ1) is 9.92. The Morgan fingerprint density at radius 3 is 2.38 bits per heavy atom. The minimum absolute atomic E-state index is 0.279. The van der Waals surface area contributed by atoms with Crippen molar-refractivity contribution in [1.29, 1.82) is 0 Å². The van der Waals surface area contributed by atoms with Crippen molar-refractivity contribution in [2.75, 3.05) is 13.2 Å². The lowest BCUT2D eigenvalue weighted by molar-refractivity contribution is -0.238. The van der Waals surface area contributed by atoms with Gasteiger partial charge in [-0.2, -0.15) is 0 Å². The molecule has 9 nitrogen and oxygen atoms in total. The number of unbranched alkanes of at least 4 members (excludes halogenated alkanes) is 1. The van der Waals surface area contributed by atoms with Gasteiger partial charge in [-0.15, -0.1) is 0 Å². The zero-order valence-corrected chi connectivity index (χ0v) is 11.6. The van der Waals surface area contributed by atoms with E-state index in [0.29, 0.717) is 19.4 Å². The molecule has 9 heteroatoms. The molecule has 0 amide bonds. The average molecular weight is 308 g/mol. The highest BCUT2D eigenvalue weighted by Crippen LogP contribution is 2.20. The van der Waals surface area contributed by atoms with Crippen LogP contribution >= 0.6 is 0 Å². The summed E-state index contributed by atoms with van der Waals surface area (Å²) in [6, 6.07) is -0.988. The number of carboxylic acid groups (broad SMARTS) is 1. The fourth-order valence-electron chi connectivity index (χ4n) is 2.21. The summed E-state index contributed by atoms with van der Waals surface area (Å²) in [6.07, 6.45) is -5.24. The van der Waals surface area contributed by atoms with Gasteiger partial charge < -0.3 is 36.0 Å². The second-order valence-electron chi connectivity index (χ2n) is 5.09. The van der Waals surface area contributed by atoms with Crippen molar-refractivity contribution >= 4 is 5.97 Å². The van der Waals surface area contributed by atoms with Crippen LogP contribution in [0.15, 0.2) is 0 Å². The van der Waals surface area contributed by atoms with Crippen LogP contribution in [0.2, 0.25) is 0 Å². The third kappa shape index (κ3) is 4.85. The first-order valence-corrected chi connectivity index (χ1v) is 6.91. The Morgan fingerprint density at radius 1 is 1.19 bits per heavy atom. The summed E-state index contributed by atoms with van der Waals surface area (Å²) in [5.41, 5.74) is 5.35. The Labute approximate surface area is 122 Å². The maximum atomic E-state index is 11.2. The van der Waals surface area contributed by atoms with E-state index in [1.807, 2.05) is 0 Å². The number of aliphatic hydroxyl groups is 4. The summed E-state index contributed by atoms with van der Waals surface area (Å²) in [7, 11) is 0. The first-order valence-electron chi connectivity index (χ1n) is 6.91. The number of carboxylic acids is 1. The fraction of sp³-hybridized carbons (Fsp3) is 0.917. The van der Waals surface area contributed by atoms with E-state index in [1.165, 1.54) is 0 Å². The van der Waals surface area contributed by atoms with Crippen molar-refractivity contribution in [3.05, 3.63) is 0 Å². The summed E-state index contributed by atoms with van der Waals surface area (Å²) in [4.78, 5) is 11.2. The average Bonchev–Trinajstić information content (AvgIpc) is 2.46. The molecule has 1 heterocycles. The number of aliphatic carboxylic acids is 1. The maximum Gasteiger partial charge on any atom is 0.320 e. The molecule has 0 aromatic rings.